The summed E-state index contributed by atoms with van der Waals surface area (Å²) in [5.41, 5.74) is 6.77. The van der Waals surface area contributed by atoms with Gasteiger partial charge in [0.05, 0.1) is 24.3 Å². The summed E-state index contributed by atoms with van der Waals surface area (Å²) in [6, 6.07) is 3.36. The molecule has 5 nitrogen and oxygen atoms in total. The minimum absolute atomic E-state index is 0.210. The first-order chi connectivity index (χ1) is 8.84. The van der Waals surface area contributed by atoms with Crippen molar-refractivity contribution in [3.63, 3.8) is 0 Å². The molecule has 0 aliphatic carbocycles. The SMILES string of the molecule is Cc1cc(Br)c(S(=O)(=O)N2CCOCC2N)cc1Br. The second-order valence-corrected chi connectivity index (χ2v) is 7.86. The minimum atomic E-state index is -3.63. The zero-order chi connectivity index (χ0) is 14.2. The zero-order valence-electron chi connectivity index (χ0n) is 10.3. The maximum absolute atomic E-state index is 12.6. The Balaban J connectivity index is 2.47. The number of nitrogens with two attached hydrogens (primary N) is 1. The summed E-state index contributed by atoms with van der Waals surface area (Å²) in [7, 11) is -3.63. The maximum atomic E-state index is 12.6. The molecule has 0 bridgehead atoms. The molecule has 1 unspecified atom stereocenters. The number of nitrogens with zero attached hydrogens (tertiary/aromatic N) is 1. The molecule has 106 valence electrons. The molecule has 1 aromatic carbocycles. The normalized spacial score (nSPS) is 21.6. The largest absolute Gasteiger partial charge is 0.377 e. The Morgan fingerprint density at radius 2 is 2.05 bits per heavy atom. The molecular formula is C11H14Br2N2O3S. The van der Waals surface area contributed by atoms with Crippen molar-refractivity contribution in [2.45, 2.75) is 18.0 Å². The topological polar surface area (TPSA) is 72.6 Å². The second kappa shape index (κ2) is 5.79. The van der Waals surface area contributed by atoms with Gasteiger partial charge in [-0.15, -0.1) is 0 Å². The van der Waals surface area contributed by atoms with Crippen LogP contribution in [0.5, 0.6) is 0 Å². The second-order valence-electron chi connectivity index (χ2n) is 4.29. The van der Waals surface area contributed by atoms with Gasteiger partial charge in [-0.2, -0.15) is 4.31 Å². The fourth-order valence-corrected chi connectivity index (χ4v) is 4.98. The lowest BCUT2D eigenvalue weighted by Crippen LogP contribution is -2.53. The summed E-state index contributed by atoms with van der Waals surface area (Å²) in [5, 5.41) is 0. The van der Waals surface area contributed by atoms with Crippen LogP contribution in [0.4, 0.5) is 0 Å². The van der Waals surface area contributed by atoms with Crippen molar-refractivity contribution < 1.29 is 13.2 Å². The molecule has 1 aromatic rings. The first kappa shape index (κ1) is 15.4. The minimum Gasteiger partial charge on any atom is -0.377 e. The highest BCUT2D eigenvalue weighted by Gasteiger charge is 2.33. The van der Waals surface area contributed by atoms with Gasteiger partial charge in [0.25, 0.3) is 0 Å². The van der Waals surface area contributed by atoms with Crippen LogP contribution in [0.25, 0.3) is 0 Å². The van der Waals surface area contributed by atoms with Crippen LogP contribution in [-0.4, -0.2) is 38.6 Å². The lowest BCUT2D eigenvalue weighted by molar-refractivity contribution is 0.0350. The van der Waals surface area contributed by atoms with E-state index >= 15 is 0 Å². The van der Waals surface area contributed by atoms with E-state index in [9.17, 15) is 8.42 Å². The van der Waals surface area contributed by atoms with E-state index in [1.165, 1.54) is 4.31 Å². The van der Waals surface area contributed by atoms with Crippen LogP contribution in [-0.2, 0) is 14.8 Å². The Morgan fingerprint density at radius 3 is 2.68 bits per heavy atom. The number of halogens is 2. The molecule has 1 fully saturated rings. The van der Waals surface area contributed by atoms with Crippen LogP contribution in [0.3, 0.4) is 0 Å². The van der Waals surface area contributed by atoms with Crippen LogP contribution in [0, 0.1) is 6.92 Å². The van der Waals surface area contributed by atoms with Gasteiger partial charge in [0.1, 0.15) is 0 Å². The molecule has 1 atom stereocenters. The van der Waals surface area contributed by atoms with Crippen LogP contribution in [0.1, 0.15) is 5.56 Å². The van der Waals surface area contributed by atoms with E-state index in [0.717, 1.165) is 10.0 Å². The number of hydrogen-bond donors (Lipinski definition) is 1. The molecule has 1 aliphatic rings. The lowest BCUT2D eigenvalue weighted by Gasteiger charge is -2.32. The first-order valence-electron chi connectivity index (χ1n) is 5.65. The van der Waals surface area contributed by atoms with Crippen molar-refractivity contribution >= 4 is 41.9 Å². The molecule has 0 amide bonds. The van der Waals surface area contributed by atoms with Gasteiger partial charge in [0.15, 0.2) is 0 Å². The van der Waals surface area contributed by atoms with Gasteiger partial charge in [0.2, 0.25) is 10.0 Å². The van der Waals surface area contributed by atoms with E-state index in [1.54, 1.807) is 12.1 Å². The highest BCUT2D eigenvalue weighted by atomic mass is 79.9. The molecule has 19 heavy (non-hydrogen) atoms. The Morgan fingerprint density at radius 1 is 1.37 bits per heavy atom. The van der Waals surface area contributed by atoms with Crippen molar-refractivity contribution in [3.05, 3.63) is 26.6 Å². The molecule has 2 N–H and O–H groups in total. The highest BCUT2D eigenvalue weighted by molar-refractivity contribution is 9.11. The third-order valence-corrected chi connectivity index (χ3v) is 6.65. The zero-order valence-corrected chi connectivity index (χ0v) is 14.3. The Bertz CT molecular complexity index is 592. The summed E-state index contributed by atoms with van der Waals surface area (Å²) in [5.74, 6) is 0. The van der Waals surface area contributed by atoms with Crippen LogP contribution in [0.15, 0.2) is 26.0 Å². The third kappa shape index (κ3) is 3.03. The van der Waals surface area contributed by atoms with E-state index in [0.29, 0.717) is 11.1 Å². The predicted octanol–water partition coefficient (Wildman–Crippen LogP) is 1.83. The summed E-state index contributed by atoms with van der Waals surface area (Å²) in [6.45, 7) is 2.73. The smallest absolute Gasteiger partial charge is 0.245 e. The summed E-state index contributed by atoms with van der Waals surface area (Å²) >= 11 is 6.66. The van der Waals surface area contributed by atoms with Crippen molar-refractivity contribution in [3.8, 4) is 0 Å². The number of benzene rings is 1. The van der Waals surface area contributed by atoms with Gasteiger partial charge in [-0.1, -0.05) is 15.9 Å². The molecule has 8 heteroatoms. The number of sulfonamides is 1. The summed E-state index contributed by atoms with van der Waals surface area (Å²) < 4.78 is 33.0. The summed E-state index contributed by atoms with van der Waals surface area (Å²) in [4.78, 5) is 0.210. The number of aryl methyl sites for hydroxylation is 1. The molecule has 2 rings (SSSR count). The van der Waals surface area contributed by atoms with E-state index in [2.05, 4.69) is 31.9 Å². The van der Waals surface area contributed by atoms with Crippen molar-refractivity contribution in [1.29, 1.82) is 0 Å². The number of ether oxygens (including phenoxy) is 1. The van der Waals surface area contributed by atoms with Gasteiger partial charge < -0.3 is 10.5 Å². The molecule has 0 radical (unpaired) electrons. The predicted molar refractivity (Wildman–Crippen MR) is 79.3 cm³/mol. The van der Waals surface area contributed by atoms with E-state index in [-0.39, 0.29) is 18.0 Å². The molecule has 0 saturated carbocycles. The van der Waals surface area contributed by atoms with Crippen LogP contribution < -0.4 is 5.73 Å². The molecule has 1 saturated heterocycles. The van der Waals surface area contributed by atoms with Gasteiger partial charge >= 0.3 is 0 Å². The first-order valence-corrected chi connectivity index (χ1v) is 8.67. The maximum Gasteiger partial charge on any atom is 0.245 e. The number of rotatable bonds is 2. The van der Waals surface area contributed by atoms with Crippen molar-refractivity contribution in [2.75, 3.05) is 19.8 Å². The Hall–Kier alpha value is 0.01000. The van der Waals surface area contributed by atoms with Gasteiger partial charge in [-0.25, -0.2) is 8.42 Å². The highest BCUT2D eigenvalue weighted by Crippen LogP contribution is 2.31. The summed E-state index contributed by atoms with van der Waals surface area (Å²) in [6.07, 6.45) is -0.647. The van der Waals surface area contributed by atoms with E-state index in [4.69, 9.17) is 10.5 Å². The lowest BCUT2D eigenvalue weighted by atomic mass is 10.2. The third-order valence-electron chi connectivity index (χ3n) is 2.91. The average molecular weight is 414 g/mol. The quantitative estimate of drug-likeness (QED) is 0.802. The van der Waals surface area contributed by atoms with Gasteiger partial charge in [-0.05, 0) is 40.5 Å². The fourth-order valence-electron chi connectivity index (χ4n) is 1.86. The van der Waals surface area contributed by atoms with Crippen molar-refractivity contribution in [2.24, 2.45) is 5.73 Å². The average Bonchev–Trinajstić information content (AvgIpc) is 2.34. The van der Waals surface area contributed by atoms with E-state index in [1.807, 2.05) is 6.92 Å². The van der Waals surface area contributed by atoms with Crippen LogP contribution >= 0.6 is 31.9 Å². The fraction of sp³-hybridized carbons (Fsp3) is 0.455. The molecule has 1 heterocycles. The standard InChI is InChI=1S/C11H14Br2N2O3S/c1-7-4-9(13)10(5-8(7)12)19(16,17)15-2-3-18-6-11(15)14/h4-5,11H,2-3,6,14H2,1H3. The molecule has 1 aliphatic heterocycles. The molecule has 0 spiro atoms. The van der Waals surface area contributed by atoms with Crippen LogP contribution in [0.2, 0.25) is 0 Å². The number of morpholine rings is 1. The molecular weight excluding hydrogens is 400 g/mol. The monoisotopic (exact) mass is 412 g/mol. The number of hydrogen-bond acceptors (Lipinski definition) is 4. The Labute approximate surface area is 129 Å². The molecule has 0 aromatic heterocycles. The van der Waals surface area contributed by atoms with E-state index < -0.39 is 16.2 Å². The van der Waals surface area contributed by atoms with Gasteiger partial charge in [-0.3, -0.25) is 0 Å². The Kier molecular flexibility index (Phi) is 4.69. The van der Waals surface area contributed by atoms with Gasteiger partial charge in [0, 0.05) is 15.5 Å². The van der Waals surface area contributed by atoms with Crippen molar-refractivity contribution in [1.82, 2.24) is 4.31 Å².